The van der Waals surface area contributed by atoms with Crippen LogP contribution in [0.4, 0.5) is 0 Å². The topological polar surface area (TPSA) is 88.2 Å². The number of aryl methyl sites for hydroxylation is 4. The first-order valence-corrected chi connectivity index (χ1v) is 20.3. The number of carbonyl (C=O) groups is 2. The predicted octanol–water partition coefficient (Wildman–Crippen LogP) is 10.9. The van der Waals surface area contributed by atoms with Crippen molar-refractivity contribution < 1.29 is 19.1 Å². The number of rotatable bonds is 18. The molecule has 0 N–H and O–H groups in total. The Morgan fingerprint density at radius 2 is 0.842 bits per heavy atom. The molecular formula is C49H48N4O4. The lowest BCUT2D eigenvalue weighted by molar-refractivity contribution is 0.0489. The average molecular weight is 757 g/mol. The van der Waals surface area contributed by atoms with E-state index in [2.05, 4.69) is 104 Å². The minimum atomic E-state index is -0.399. The number of unbranched alkanes of at least 4 members (excludes halogenated alkanes) is 4. The van der Waals surface area contributed by atoms with Gasteiger partial charge in [-0.05, 0) is 73.9 Å². The molecule has 288 valence electrons. The van der Waals surface area contributed by atoms with Crippen molar-refractivity contribution in [2.75, 3.05) is 13.2 Å². The van der Waals surface area contributed by atoms with Crippen molar-refractivity contribution in [1.29, 1.82) is 0 Å². The van der Waals surface area contributed by atoms with Gasteiger partial charge < -0.3 is 18.6 Å². The van der Waals surface area contributed by atoms with Gasteiger partial charge in [0.2, 0.25) is 0 Å². The van der Waals surface area contributed by atoms with Crippen LogP contribution >= 0.6 is 0 Å². The van der Waals surface area contributed by atoms with Gasteiger partial charge in [-0.15, -0.1) is 0 Å². The highest BCUT2D eigenvalue weighted by atomic mass is 16.5. The second-order valence-corrected chi connectivity index (χ2v) is 14.7. The van der Waals surface area contributed by atoms with Crippen LogP contribution in [0, 0.1) is 0 Å². The second kappa shape index (κ2) is 18.1. The third-order valence-corrected chi connectivity index (χ3v) is 10.9. The number of para-hydroxylation sites is 2. The monoisotopic (exact) mass is 756 g/mol. The maximum Gasteiger partial charge on any atom is 0.356 e. The van der Waals surface area contributed by atoms with Gasteiger partial charge in [-0.25, -0.2) is 19.6 Å². The molecule has 0 aliphatic carbocycles. The molecule has 0 aliphatic heterocycles. The zero-order valence-corrected chi connectivity index (χ0v) is 32.3. The molecule has 57 heavy (non-hydrogen) atoms. The molecule has 8 rings (SSSR count). The van der Waals surface area contributed by atoms with Crippen LogP contribution < -0.4 is 0 Å². The molecular weight excluding hydrogens is 709 g/mol. The van der Waals surface area contributed by atoms with Crippen LogP contribution in [0.2, 0.25) is 0 Å². The molecule has 8 aromatic rings. The minimum absolute atomic E-state index is 0.328. The summed E-state index contributed by atoms with van der Waals surface area (Å²) in [6, 6.07) is 41.5. The van der Waals surface area contributed by atoms with Gasteiger partial charge in [0.1, 0.15) is 11.4 Å². The van der Waals surface area contributed by atoms with E-state index in [0.29, 0.717) is 24.6 Å². The number of pyridine rings is 2. The lowest BCUT2D eigenvalue weighted by atomic mass is 10.1. The summed E-state index contributed by atoms with van der Waals surface area (Å²) in [7, 11) is 0. The number of fused-ring (bicyclic) bond motifs is 6. The van der Waals surface area contributed by atoms with Crippen LogP contribution in [0.5, 0.6) is 0 Å². The van der Waals surface area contributed by atoms with Crippen molar-refractivity contribution in [1.82, 2.24) is 19.1 Å². The fourth-order valence-electron chi connectivity index (χ4n) is 7.98. The maximum atomic E-state index is 13.0. The lowest BCUT2D eigenvalue weighted by Crippen LogP contribution is -2.09. The summed E-state index contributed by atoms with van der Waals surface area (Å²) >= 11 is 0. The Balaban J connectivity index is 0.770. The number of carbonyl (C=O) groups excluding carboxylic acids is 2. The van der Waals surface area contributed by atoms with Crippen molar-refractivity contribution in [3.8, 4) is 0 Å². The highest BCUT2D eigenvalue weighted by molar-refractivity contribution is 6.10. The molecule has 8 nitrogen and oxygen atoms in total. The number of esters is 2. The Hall–Kier alpha value is -6.28. The molecule has 0 atom stereocenters. The third kappa shape index (κ3) is 8.76. The predicted molar refractivity (Wildman–Crippen MR) is 228 cm³/mol. The average Bonchev–Trinajstić information content (AvgIpc) is 3.75. The summed E-state index contributed by atoms with van der Waals surface area (Å²) in [5.74, 6) is -0.798. The van der Waals surface area contributed by atoms with Crippen LogP contribution in [0.25, 0.3) is 43.6 Å². The fourth-order valence-corrected chi connectivity index (χ4v) is 7.98. The van der Waals surface area contributed by atoms with Crippen LogP contribution in [0.1, 0.15) is 77.0 Å². The Kier molecular flexibility index (Phi) is 12.0. The molecule has 0 spiro atoms. The summed E-state index contributed by atoms with van der Waals surface area (Å²) in [6.07, 6.45) is 11.9. The van der Waals surface area contributed by atoms with Crippen LogP contribution in [-0.4, -0.2) is 44.3 Å². The van der Waals surface area contributed by atoms with Gasteiger partial charge in [0.05, 0.1) is 36.6 Å². The van der Waals surface area contributed by atoms with Gasteiger partial charge in [-0.2, -0.15) is 0 Å². The van der Waals surface area contributed by atoms with E-state index in [4.69, 9.17) is 9.47 Å². The molecule has 0 radical (unpaired) electrons. The van der Waals surface area contributed by atoms with E-state index in [1.54, 1.807) is 0 Å². The van der Waals surface area contributed by atoms with Crippen molar-refractivity contribution in [2.24, 2.45) is 0 Å². The molecule has 0 unspecified atom stereocenters. The van der Waals surface area contributed by atoms with Crippen LogP contribution in [0.15, 0.2) is 134 Å². The highest BCUT2D eigenvalue weighted by Gasteiger charge is 2.17. The molecule has 0 aliphatic rings. The van der Waals surface area contributed by atoms with E-state index in [-0.39, 0.29) is 0 Å². The van der Waals surface area contributed by atoms with Gasteiger partial charge >= 0.3 is 11.9 Å². The maximum absolute atomic E-state index is 13.0. The zero-order chi connectivity index (χ0) is 38.8. The molecule has 0 saturated heterocycles. The first-order chi connectivity index (χ1) is 28.1. The summed E-state index contributed by atoms with van der Waals surface area (Å²) in [5, 5.41) is 4.26. The number of aromatic nitrogens is 4. The van der Waals surface area contributed by atoms with Gasteiger partial charge in [0.15, 0.2) is 0 Å². The van der Waals surface area contributed by atoms with Gasteiger partial charge in [-0.3, -0.25) is 0 Å². The molecule has 0 amide bonds. The van der Waals surface area contributed by atoms with Gasteiger partial charge in [-0.1, -0.05) is 116 Å². The Labute approximate surface area is 333 Å². The normalized spacial score (nSPS) is 11.5. The fraction of sp³-hybridized carbons (Fsp3) is 0.265. The van der Waals surface area contributed by atoms with Crippen molar-refractivity contribution in [3.63, 3.8) is 0 Å². The van der Waals surface area contributed by atoms with E-state index in [1.807, 2.05) is 48.8 Å². The van der Waals surface area contributed by atoms with E-state index < -0.39 is 11.9 Å². The molecule has 4 heterocycles. The van der Waals surface area contributed by atoms with E-state index in [0.717, 1.165) is 114 Å². The Morgan fingerprint density at radius 3 is 1.30 bits per heavy atom. The highest BCUT2D eigenvalue weighted by Crippen LogP contribution is 2.31. The third-order valence-electron chi connectivity index (χ3n) is 10.9. The summed E-state index contributed by atoms with van der Waals surface area (Å²) in [4.78, 5) is 35.0. The first-order valence-electron chi connectivity index (χ1n) is 20.3. The summed E-state index contributed by atoms with van der Waals surface area (Å²) in [5.41, 5.74) is 7.66. The second-order valence-electron chi connectivity index (χ2n) is 14.7. The standard InChI is InChI=1S/C49H48N4O4/c54-48(42-32-40-38-24-10-12-26-44(38)52(46(40)34-50-42)28-16-22-36-18-6-4-7-19-36)56-30-14-2-1-3-15-31-57-49(55)43-33-41-39-25-11-13-27-45(39)53(47(41)35-51-43)29-17-23-37-20-8-5-9-21-37/h4-13,18-21,24-27,32-35H,1-3,14-17,22-23,28-31H2. The van der Waals surface area contributed by atoms with Crippen LogP contribution in [0.3, 0.4) is 0 Å². The quantitative estimate of drug-likeness (QED) is 0.0640. The van der Waals surface area contributed by atoms with Gasteiger partial charge in [0, 0.05) is 45.7 Å². The van der Waals surface area contributed by atoms with E-state index in [9.17, 15) is 9.59 Å². The van der Waals surface area contributed by atoms with Crippen molar-refractivity contribution >= 4 is 55.6 Å². The Morgan fingerprint density at radius 1 is 0.439 bits per heavy atom. The molecule has 4 aromatic heterocycles. The van der Waals surface area contributed by atoms with Crippen molar-refractivity contribution in [2.45, 2.75) is 70.9 Å². The zero-order valence-electron chi connectivity index (χ0n) is 32.3. The number of hydrogen-bond donors (Lipinski definition) is 0. The number of hydrogen-bond acceptors (Lipinski definition) is 6. The van der Waals surface area contributed by atoms with E-state index >= 15 is 0 Å². The molecule has 4 aromatic carbocycles. The molecule has 0 bridgehead atoms. The first kappa shape index (κ1) is 37.6. The molecule has 8 heteroatoms. The van der Waals surface area contributed by atoms with Crippen LogP contribution in [-0.2, 0) is 35.4 Å². The Bertz CT molecular complexity index is 2430. The minimum Gasteiger partial charge on any atom is -0.461 e. The number of ether oxygens (including phenoxy) is 2. The molecule has 0 fully saturated rings. The smallest absolute Gasteiger partial charge is 0.356 e. The number of nitrogens with zero attached hydrogens (tertiary/aromatic N) is 4. The largest absolute Gasteiger partial charge is 0.461 e. The molecule has 0 saturated carbocycles. The lowest BCUT2D eigenvalue weighted by Gasteiger charge is -2.08. The van der Waals surface area contributed by atoms with E-state index in [1.165, 1.54) is 11.1 Å². The van der Waals surface area contributed by atoms with Crippen molar-refractivity contribution in [3.05, 3.63) is 156 Å². The number of benzene rings is 4. The SMILES string of the molecule is O=C(OCCCCCCCOC(=O)c1cc2c3ccccc3n(CCCc3ccccc3)c2cn1)c1cc2c3ccccc3n(CCCc3ccccc3)c2cn1. The summed E-state index contributed by atoms with van der Waals surface area (Å²) < 4.78 is 15.9. The van der Waals surface area contributed by atoms with Gasteiger partial charge in [0.25, 0.3) is 0 Å². The summed E-state index contributed by atoms with van der Waals surface area (Å²) in [6.45, 7) is 2.41.